The Hall–Kier alpha value is -1.00. The van der Waals surface area contributed by atoms with Gasteiger partial charge in [0.1, 0.15) is 6.33 Å². The number of aromatic nitrogens is 2. The SMILES string of the molecule is NNC(c1cncnc1)C1CCCCCC1. The highest BCUT2D eigenvalue weighted by Crippen LogP contribution is 2.32. The summed E-state index contributed by atoms with van der Waals surface area (Å²) < 4.78 is 0. The Kier molecular flexibility index (Phi) is 4.25. The van der Waals surface area contributed by atoms with Crippen molar-refractivity contribution < 1.29 is 0 Å². The van der Waals surface area contributed by atoms with Crippen molar-refractivity contribution in [2.75, 3.05) is 0 Å². The average Bonchev–Trinajstić information content (AvgIpc) is 2.61. The maximum absolute atomic E-state index is 5.68. The third-order valence-corrected chi connectivity index (χ3v) is 3.49. The van der Waals surface area contributed by atoms with Gasteiger partial charge in [0.25, 0.3) is 0 Å². The molecule has 88 valence electrons. The van der Waals surface area contributed by atoms with Gasteiger partial charge in [-0.1, -0.05) is 25.7 Å². The fraction of sp³-hybridized carbons (Fsp3) is 0.667. The molecule has 0 saturated heterocycles. The third-order valence-electron chi connectivity index (χ3n) is 3.49. The standard InChI is InChI=1S/C12H20N4/c13-16-12(11-7-14-9-15-8-11)10-5-3-1-2-4-6-10/h7-10,12,16H,1-6,13H2. The second kappa shape index (κ2) is 5.92. The van der Waals surface area contributed by atoms with Crippen molar-refractivity contribution >= 4 is 0 Å². The molecule has 1 unspecified atom stereocenters. The normalized spacial score (nSPS) is 20.3. The molecule has 0 bridgehead atoms. The molecule has 16 heavy (non-hydrogen) atoms. The lowest BCUT2D eigenvalue weighted by atomic mass is 9.89. The lowest BCUT2D eigenvalue weighted by molar-refractivity contribution is 0.328. The number of hydrogen-bond acceptors (Lipinski definition) is 4. The van der Waals surface area contributed by atoms with Crippen LogP contribution in [0.5, 0.6) is 0 Å². The summed E-state index contributed by atoms with van der Waals surface area (Å²) in [6, 6.07) is 0.208. The van der Waals surface area contributed by atoms with Crippen LogP contribution in [0.4, 0.5) is 0 Å². The summed E-state index contributed by atoms with van der Waals surface area (Å²) in [5.41, 5.74) is 4.04. The Morgan fingerprint density at radius 1 is 1.12 bits per heavy atom. The first-order chi connectivity index (χ1) is 7.92. The van der Waals surface area contributed by atoms with E-state index in [9.17, 15) is 0 Å². The molecular formula is C12H20N4. The summed E-state index contributed by atoms with van der Waals surface area (Å²) in [6.45, 7) is 0. The van der Waals surface area contributed by atoms with E-state index in [-0.39, 0.29) is 6.04 Å². The minimum Gasteiger partial charge on any atom is -0.271 e. The van der Waals surface area contributed by atoms with Gasteiger partial charge in [0.05, 0.1) is 6.04 Å². The molecule has 1 aromatic rings. The number of hydrogen-bond donors (Lipinski definition) is 2. The van der Waals surface area contributed by atoms with Crippen LogP contribution in [-0.2, 0) is 0 Å². The van der Waals surface area contributed by atoms with E-state index in [1.807, 2.05) is 12.4 Å². The largest absolute Gasteiger partial charge is 0.271 e. The molecule has 0 radical (unpaired) electrons. The third kappa shape index (κ3) is 2.77. The summed E-state index contributed by atoms with van der Waals surface area (Å²) in [7, 11) is 0. The van der Waals surface area contributed by atoms with Crippen molar-refractivity contribution in [3.8, 4) is 0 Å². The Morgan fingerprint density at radius 2 is 1.75 bits per heavy atom. The number of nitrogens with one attached hydrogen (secondary N) is 1. The second-order valence-electron chi connectivity index (χ2n) is 4.57. The van der Waals surface area contributed by atoms with E-state index in [4.69, 9.17) is 5.84 Å². The van der Waals surface area contributed by atoms with Gasteiger partial charge in [0.2, 0.25) is 0 Å². The fourth-order valence-corrected chi connectivity index (χ4v) is 2.62. The minimum atomic E-state index is 0.208. The molecule has 4 heteroatoms. The van der Waals surface area contributed by atoms with E-state index in [0.717, 1.165) is 5.56 Å². The molecule has 0 aliphatic heterocycles. The molecule has 1 heterocycles. The van der Waals surface area contributed by atoms with Crippen LogP contribution in [0.1, 0.15) is 50.1 Å². The van der Waals surface area contributed by atoms with Gasteiger partial charge < -0.3 is 0 Å². The van der Waals surface area contributed by atoms with Crippen LogP contribution in [0.3, 0.4) is 0 Å². The first-order valence-electron chi connectivity index (χ1n) is 6.13. The lowest BCUT2D eigenvalue weighted by Gasteiger charge is -2.25. The number of hydrazine groups is 1. The topological polar surface area (TPSA) is 63.8 Å². The van der Waals surface area contributed by atoms with Gasteiger partial charge in [-0.15, -0.1) is 0 Å². The van der Waals surface area contributed by atoms with Crippen LogP contribution in [0.25, 0.3) is 0 Å². The number of nitrogens with zero attached hydrogens (tertiary/aromatic N) is 2. The van der Waals surface area contributed by atoms with Crippen molar-refractivity contribution in [2.45, 2.75) is 44.6 Å². The zero-order chi connectivity index (χ0) is 11.2. The van der Waals surface area contributed by atoms with Crippen LogP contribution < -0.4 is 11.3 Å². The molecule has 1 saturated carbocycles. The van der Waals surface area contributed by atoms with Gasteiger partial charge in [-0.25, -0.2) is 9.97 Å². The van der Waals surface area contributed by atoms with E-state index in [2.05, 4.69) is 15.4 Å². The Labute approximate surface area is 96.6 Å². The minimum absolute atomic E-state index is 0.208. The zero-order valence-electron chi connectivity index (χ0n) is 9.60. The lowest BCUT2D eigenvalue weighted by Crippen LogP contribution is -2.33. The quantitative estimate of drug-likeness (QED) is 0.464. The van der Waals surface area contributed by atoms with Crippen molar-refractivity contribution in [3.05, 3.63) is 24.3 Å². The van der Waals surface area contributed by atoms with Crippen molar-refractivity contribution in [3.63, 3.8) is 0 Å². The van der Waals surface area contributed by atoms with Gasteiger partial charge in [-0.2, -0.15) is 0 Å². The first kappa shape index (κ1) is 11.5. The Balaban J connectivity index is 2.09. The maximum atomic E-state index is 5.68. The second-order valence-corrected chi connectivity index (χ2v) is 4.57. The number of rotatable bonds is 3. The summed E-state index contributed by atoms with van der Waals surface area (Å²) in [5.74, 6) is 6.30. The van der Waals surface area contributed by atoms with Crippen LogP contribution >= 0.6 is 0 Å². The molecule has 4 nitrogen and oxygen atoms in total. The van der Waals surface area contributed by atoms with Crippen LogP contribution in [-0.4, -0.2) is 9.97 Å². The highest BCUT2D eigenvalue weighted by atomic mass is 15.2. The molecule has 0 spiro atoms. The molecule has 1 aromatic heterocycles. The maximum Gasteiger partial charge on any atom is 0.115 e. The van der Waals surface area contributed by atoms with Crippen molar-refractivity contribution in [1.29, 1.82) is 0 Å². The Morgan fingerprint density at radius 3 is 2.31 bits per heavy atom. The van der Waals surface area contributed by atoms with Gasteiger partial charge in [0.15, 0.2) is 0 Å². The average molecular weight is 220 g/mol. The van der Waals surface area contributed by atoms with E-state index in [1.54, 1.807) is 6.33 Å². The number of nitrogens with two attached hydrogens (primary N) is 1. The summed E-state index contributed by atoms with van der Waals surface area (Å²) in [4.78, 5) is 8.13. The molecule has 1 fully saturated rings. The van der Waals surface area contributed by atoms with Gasteiger partial charge in [-0.3, -0.25) is 11.3 Å². The smallest absolute Gasteiger partial charge is 0.115 e. The fourth-order valence-electron chi connectivity index (χ4n) is 2.62. The molecule has 3 N–H and O–H groups in total. The molecular weight excluding hydrogens is 200 g/mol. The van der Waals surface area contributed by atoms with E-state index in [1.165, 1.54) is 38.5 Å². The van der Waals surface area contributed by atoms with Crippen LogP contribution in [0.15, 0.2) is 18.7 Å². The first-order valence-corrected chi connectivity index (χ1v) is 6.13. The monoisotopic (exact) mass is 220 g/mol. The summed E-state index contributed by atoms with van der Waals surface area (Å²) in [6.07, 6.45) is 13.1. The van der Waals surface area contributed by atoms with E-state index >= 15 is 0 Å². The predicted molar refractivity (Wildman–Crippen MR) is 63.3 cm³/mol. The van der Waals surface area contributed by atoms with Crippen LogP contribution in [0, 0.1) is 5.92 Å². The van der Waals surface area contributed by atoms with Gasteiger partial charge in [-0.05, 0) is 18.8 Å². The summed E-state index contributed by atoms with van der Waals surface area (Å²) in [5, 5.41) is 0. The summed E-state index contributed by atoms with van der Waals surface area (Å²) >= 11 is 0. The molecule has 1 atom stereocenters. The zero-order valence-corrected chi connectivity index (χ0v) is 9.60. The molecule has 2 rings (SSSR count). The van der Waals surface area contributed by atoms with E-state index in [0.29, 0.717) is 5.92 Å². The molecule has 1 aliphatic carbocycles. The highest BCUT2D eigenvalue weighted by Gasteiger charge is 2.23. The highest BCUT2D eigenvalue weighted by molar-refractivity contribution is 5.10. The van der Waals surface area contributed by atoms with Crippen LogP contribution in [0.2, 0.25) is 0 Å². The molecule has 0 amide bonds. The predicted octanol–water partition coefficient (Wildman–Crippen LogP) is 1.95. The van der Waals surface area contributed by atoms with Crippen molar-refractivity contribution in [2.24, 2.45) is 11.8 Å². The van der Waals surface area contributed by atoms with Crippen molar-refractivity contribution in [1.82, 2.24) is 15.4 Å². The van der Waals surface area contributed by atoms with Gasteiger partial charge in [0, 0.05) is 18.0 Å². The van der Waals surface area contributed by atoms with E-state index < -0.39 is 0 Å². The molecule has 1 aliphatic rings. The Bertz CT molecular complexity index is 293. The molecule has 0 aromatic carbocycles. The van der Waals surface area contributed by atoms with Gasteiger partial charge >= 0.3 is 0 Å².